The van der Waals surface area contributed by atoms with E-state index in [1.54, 1.807) is 6.07 Å². The number of hydrogen-bond acceptors (Lipinski definition) is 4. The summed E-state index contributed by atoms with van der Waals surface area (Å²) in [5.41, 5.74) is 0.591. The molecule has 0 saturated heterocycles. The maximum Gasteiger partial charge on any atom is 0.322 e. The molecule has 0 spiro atoms. The standard InChI is InChI=1S/C14H15NO4/c1-8(2)5-9-3-4-11-10(6-9)7-12(16)14(17)13(11)15(18)19/h3-4,6-8,16-17H,5H2,1-2H3. The van der Waals surface area contributed by atoms with Crippen LogP contribution in [0.4, 0.5) is 5.69 Å². The molecule has 0 aliphatic rings. The van der Waals surface area contributed by atoms with Crippen molar-refractivity contribution in [1.82, 2.24) is 0 Å². The number of phenolic OH excluding ortho intramolecular Hbond substituents is 2. The quantitative estimate of drug-likeness (QED) is 0.504. The summed E-state index contributed by atoms with van der Waals surface area (Å²) in [6, 6.07) is 6.58. The van der Waals surface area contributed by atoms with Crippen molar-refractivity contribution < 1.29 is 15.1 Å². The Morgan fingerprint density at radius 3 is 2.53 bits per heavy atom. The summed E-state index contributed by atoms with van der Waals surface area (Å²) >= 11 is 0. The minimum absolute atomic E-state index is 0.327. The van der Waals surface area contributed by atoms with Crippen LogP contribution >= 0.6 is 0 Å². The Hall–Kier alpha value is -2.30. The number of phenols is 2. The van der Waals surface area contributed by atoms with Crippen LogP contribution in [0.1, 0.15) is 19.4 Å². The summed E-state index contributed by atoms with van der Waals surface area (Å²) in [6.07, 6.45) is 0.853. The lowest BCUT2D eigenvalue weighted by molar-refractivity contribution is -0.384. The second-order valence-corrected chi connectivity index (χ2v) is 5.00. The van der Waals surface area contributed by atoms with Crippen LogP contribution in [0, 0.1) is 16.0 Å². The first kappa shape index (κ1) is 13.1. The SMILES string of the molecule is CC(C)Cc1ccc2c([N+](=O)[O-])c(O)c(O)cc2c1. The lowest BCUT2D eigenvalue weighted by Crippen LogP contribution is -1.95. The molecule has 0 radical (unpaired) electrons. The van der Waals surface area contributed by atoms with Crippen molar-refractivity contribution in [3.8, 4) is 11.5 Å². The Bertz CT molecular complexity index is 649. The average Bonchev–Trinajstić information content (AvgIpc) is 2.29. The summed E-state index contributed by atoms with van der Waals surface area (Å²) < 4.78 is 0. The molecule has 0 aliphatic carbocycles. The van der Waals surface area contributed by atoms with E-state index in [1.807, 2.05) is 12.1 Å². The Kier molecular flexibility index (Phi) is 3.29. The normalized spacial score (nSPS) is 11.1. The molecule has 2 N–H and O–H groups in total. The lowest BCUT2D eigenvalue weighted by atomic mass is 9.98. The minimum atomic E-state index is -0.686. The van der Waals surface area contributed by atoms with Gasteiger partial charge >= 0.3 is 5.69 Å². The third kappa shape index (κ3) is 2.45. The molecule has 0 atom stereocenters. The number of nitro benzene ring substituents is 1. The molecule has 0 unspecified atom stereocenters. The van der Waals surface area contributed by atoms with E-state index < -0.39 is 22.1 Å². The van der Waals surface area contributed by atoms with E-state index in [2.05, 4.69) is 13.8 Å². The zero-order valence-corrected chi connectivity index (χ0v) is 10.8. The fraction of sp³-hybridized carbons (Fsp3) is 0.286. The molecule has 0 fully saturated rings. The molecule has 0 aromatic heterocycles. The highest BCUT2D eigenvalue weighted by molar-refractivity contribution is 5.95. The molecule has 2 rings (SSSR count). The summed E-state index contributed by atoms with van der Waals surface area (Å²) in [5, 5.41) is 31.0. The minimum Gasteiger partial charge on any atom is -0.504 e. The van der Waals surface area contributed by atoms with E-state index in [1.165, 1.54) is 6.07 Å². The monoisotopic (exact) mass is 261 g/mol. The second-order valence-electron chi connectivity index (χ2n) is 5.00. The van der Waals surface area contributed by atoms with E-state index in [9.17, 15) is 20.3 Å². The van der Waals surface area contributed by atoms with Gasteiger partial charge in [0.25, 0.3) is 0 Å². The van der Waals surface area contributed by atoms with Crippen molar-refractivity contribution in [2.24, 2.45) is 5.92 Å². The number of nitrogens with zero attached hydrogens (tertiary/aromatic N) is 1. The first-order valence-corrected chi connectivity index (χ1v) is 6.02. The van der Waals surface area contributed by atoms with Crippen LogP contribution in [0.3, 0.4) is 0 Å². The summed E-state index contributed by atoms with van der Waals surface area (Å²) in [4.78, 5) is 10.3. The van der Waals surface area contributed by atoms with Crippen LogP contribution in [-0.4, -0.2) is 15.1 Å². The Balaban J connectivity index is 2.68. The highest BCUT2D eigenvalue weighted by Gasteiger charge is 2.22. The van der Waals surface area contributed by atoms with Gasteiger partial charge in [-0.3, -0.25) is 10.1 Å². The zero-order chi connectivity index (χ0) is 14.2. The topological polar surface area (TPSA) is 83.6 Å². The summed E-state index contributed by atoms with van der Waals surface area (Å²) in [6.45, 7) is 4.17. The Labute approximate surface area is 110 Å². The van der Waals surface area contributed by atoms with E-state index in [0.717, 1.165) is 12.0 Å². The molecule has 2 aromatic carbocycles. The number of rotatable bonds is 3. The molecule has 5 nitrogen and oxygen atoms in total. The van der Waals surface area contributed by atoms with Gasteiger partial charge in [-0.2, -0.15) is 0 Å². The van der Waals surface area contributed by atoms with Gasteiger partial charge in [0, 0.05) is 0 Å². The van der Waals surface area contributed by atoms with Crippen molar-refractivity contribution in [2.75, 3.05) is 0 Å². The van der Waals surface area contributed by atoms with Crippen LogP contribution in [0.5, 0.6) is 11.5 Å². The zero-order valence-electron chi connectivity index (χ0n) is 10.8. The highest BCUT2D eigenvalue weighted by atomic mass is 16.6. The lowest BCUT2D eigenvalue weighted by Gasteiger charge is -2.08. The maximum atomic E-state index is 11.0. The molecular weight excluding hydrogens is 246 g/mol. The molecule has 100 valence electrons. The molecular formula is C14H15NO4. The number of benzene rings is 2. The fourth-order valence-electron chi connectivity index (χ4n) is 2.19. The second kappa shape index (κ2) is 4.76. The fourth-order valence-corrected chi connectivity index (χ4v) is 2.19. The van der Waals surface area contributed by atoms with Crippen molar-refractivity contribution in [3.63, 3.8) is 0 Å². The van der Waals surface area contributed by atoms with Crippen molar-refractivity contribution in [3.05, 3.63) is 39.9 Å². The van der Waals surface area contributed by atoms with Crippen molar-refractivity contribution >= 4 is 16.5 Å². The smallest absolute Gasteiger partial charge is 0.322 e. The largest absolute Gasteiger partial charge is 0.504 e. The van der Waals surface area contributed by atoms with Gasteiger partial charge in [0.05, 0.1) is 10.3 Å². The Morgan fingerprint density at radius 1 is 1.26 bits per heavy atom. The number of hydrogen-bond donors (Lipinski definition) is 2. The van der Waals surface area contributed by atoms with E-state index in [0.29, 0.717) is 16.7 Å². The van der Waals surface area contributed by atoms with Gasteiger partial charge in [-0.1, -0.05) is 26.0 Å². The highest BCUT2D eigenvalue weighted by Crippen LogP contribution is 2.41. The summed E-state index contributed by atoms with van der Waals surface area (Å²) in [7, 11) is 0. The van der Waals surface area contributed by atoms with Gasteiger partial charge in [0.1, 0.15) is 0 Å². The van der Waals surface area contributed by atoms with E-state index in [4.69, 9.17) is 0 Å². The predicted molar refractivity (Wildman–Crippen MR) is 72.5 cm³/mol. The first-order valence-electron chi connectivity index (χ1n) is 6.02. The van der Waals surface area contributed by atoms with Gasteiger partial charge in [0.15, 0.2) is 5.75 Å². The summed E-state index contributed by atoms with van der Waals surface area (Å²) in [5.74, 6) is -0.687. The molecule has 2 aromatic rings. The number of fused-ring (bicyclic) bond motifs is 1. The van der Waals surface area contributed by atoms with Gasteiger partial charge < -0.3 is 10.2 Å². The molecule has 0 amide bonds. The molecule has 0 aliphatic heterocycles. The third-order valence-electron chi connectivity index (χ3n) is 2.96. The predicted octanol–water partition coefficient (Wildman–Crippen LogP) is 3.36. The van der Waals surface area contributed by atoms with Crippen LogP contribution in [-0.2, 0) is 6.42 Å². The number of aromatic hydroxyl groups is 2. The number of nitro groups is 1. The molecule has 0 bridgehead atoms. The van der Waals surface area contributed by atoms with Crippen LogP contribution < -0.4 is 0 Å². The van der Waals surface area contributed by atoms with Gasteiger partial charge in [-0.25, -0.2) is 0 Å². The van der Waals surface area contributed by atoms with Crippen molar-refractivity contribution in [2.45, 2.75) is 20.3 Å². The van der Waals surface area contributed by atoms with Gasteiger partial charge in [-0.05, 0) is 35.4 Å². The van der Waals surface area contributed by atoms with E-state index >= 15 is 0 Å². The van der Waals surface area contributed by atoms with Crippen LogP contribution in [0.2, 0.25) is 0 Å². The van der Waals surface area contributed by atoms with Crippen molar-refractivity contribution in [1.29, 1.82) is 0 Å². The molecule has 0 saturated carbocycles. The first-order chi connectivity index (χ1) is 8.90. The average molecular weight is 261 g/mol. The van der Waals surface area contributed by atoms with Crippen LogP contribution in [0.15, 0.2) is 24.3 Å². The Morgan fingerprint density at radius 2 is 1.95 bits per heavy atom. The molecule has 5 heteroatoms. The third-order valence-corrected chi connectivity index (χ3v) is 2.96. The molecule has 0 heterocycles. The maximum absolute atomic E-state index is 11.0. The van der Waals surface area contributed by atoms with Crippen LogP contribution in [0.25, 0.3) is 10.8 Å². The molecule has 19 heavy (non-hydrogen) atoms. The van der Waals surface area contributed by atoms with Gasteiger partial charge in [-0.15, -0.1) is 0 Å². The van der Waals surface area contributed by atoms with E-state index in [-0.39, 0.29) is 0 Å². The van der Waals surface area contributed by atoms with Gasteiger partial charge in [0.2, 0.25) is 5.75 Å².